The molecule has 0 radical (unpaired) electrons. The van der Waals surface area contributed by atoms with Crippen LogP contribution >= 0.6 is 0 Å². The smallest absolute Gasteiger partial charge is 0.278 e. The molecular formula is C25H30N4O3. The zero-order valence-electron chi connectivity index (χ0n) is 18.8. The first-order valence-electron chi connectivity index (χ1n) is 11.3. The molecule has 168 valence electrons. The van der Waals surface area contributed by atoms with Gasteiger partial charge in [0.2, 0.25) is 0 Å². The van der Waals surface area contributed by atoms with Gasteiger partial charge in [-0.05, 0) is 42.8 Å². The van der Waals surface area contributed by atoms with Crippen molar-refractivity contribution in [1.82, 2.24) is 19.7 Å². The fourth-order valence-corrected chi connectivity index (χ4v) is 4.14. The lowest BCUT2D eigenvalue weighted by Crippen LogP contribution is -2.47. The van der Waals surface area contributed by atoms with Gasteiger partial charge >= 0.3 is 0 Å². The highest BCUT2D eigenvalue weighted by atomic mass is 16.5. The van der Waals surface area contributed by atoms with Gasteiger partial charge in [0.1, 0.15) is 11.4 Å². The van der Waals surface area contributed by atoms with Crippen LogP contribution in [0.1, 0.15) is 31.5 Å². The zero-order chi connectivity index (χ0) is 22.5. The topological polar surface area (TPSA) is 66.0 Å². The van der Waals surface area contributed by atoms with Crippen LogP contribution in [0.3, 0.4) is 0 Å². The quantitative estimate of drug-likeness (QED) is 0.596. The normalized spacial score (nSPS) is 17.4. The van der Waals surface area contributed by atoms with E-state index in [1.165, 1.54) is 4.90 Å². The molecule has 1 saturated heterocycles. The molecular weight excluding hydrogens is 404 g/mol. The van der Waals surface area contributed by atoms with Gasteiger partial charge in [0, 0.05) is 32.4 Å². The van der Waals surface area contributed by atoms with Crippen molar-refractivity contribution in [1.29, 1.82) is 0 Å². The van der Waals surface area contributed by atoms with Gasteiger partial charge in [-0.3, -0.25) is 19.5 Å². The zero-order valence-corrected chi connectivity index (χ0v) is 18.8. The third kappa shape index (κ3) is 4.53. The number of nitrogens with zero attached hydrogens (tertiary/aromatic N) is 4. The van der Waals surface area contributed by atoms with Gasteiger partial charge in [-0.25, -0.2) is 0 Å². The summed E-state index contributed by atoms with van der Waals surface area (Å²) >= 11 is 0. The Hall–Kier alpha value is -3.19. The Bertz CT molecular complexity index is 980. The monoisotopic (exact) mass is 434 g/mol. The average molecular weight is 435 g/mol. The van der Waals surface area contributed by atoms with Crippen molar-refractivity contribution in [3.8, 4) is 5.75 Å². The van der Waals surface area contributed by atoms with Crippen LogP contribution in [0.4, 0.5) is 0 Å². The van der Waals surface area contributed by atoms with Gasteiger partial charge in [-0.1, -0.05) is 32.0 Å². The fourth-order valence-electron chi connectivity index (χ4n) is 4.14. The standard InChI is InChI=1S/C25H30N4O3/c1-3-17-32-21-10-8-19(9-11-21)22-23(28-15-13-27(4-2)14-16-28)25(31)29(24(22)30)18-20-7-5-6-12-26-20/h5-12H,3-4,13-18H2,1-2H3. The molecule has 0 spiro atoms. The van der Waals surface area contributed by atoms with Crippen molar-refractivity contribution in [2.45, 2.75) is 26.8 Å². The molecule has 0 unspecified atom stereocenters. The fraction of sp³-hybridized carbons (Fsp3) is 0.400. The van der Waals surface area contributed by atoms with Gasteiger partial charge in [-0.2, -0.15) is 0 Å². The molecule has 3 heterocycles. The maximum Gasteiger partial charge on any atom is 0.278 e. The van der Waals surface area contributed by atoms with Crippen LogP contribution in [0, 0.1) is 0 Å². The van der Waals surface area contributed by atoms with Crippen LogP contribution in [0.5, 0.6) is 5.75 Å². The van der Waals surface area contributed by atoms with Gasteiger partial charge in [0.05, 0.1) is 24.4 Å². The predicted octanol–water partition coefficient (Wildman–Crippen LogP) is 2.79. The van der Waals surface area contributed by atoms with E-state index < -0.39 is 0 Å². The molecule has 2 amide bonds. The largest absolute Gasteiger partial charge is 0.494 e. The summed E-state index contributed by atoms with van der Waals surface area (Å²) in [5.41, 5.74) is 2.40. The number of amides is 2. The number of hydrogen-bond donors (Lipinski definition) is 0. The molecule has 2 aromatic rings. The minimum absolute atomic E-state index is 0.165. The minimum atomic E-state index is -0.268. The first-order chi connectivity index (χ1) is 15.6. The third-order valence-electron chi connectivity index (χ3n) is 5.94. The summed E-state index contributed by atoms with van der Waals surface area (Å²) in [7, 11) is 0. The Labute approximate surface area is 189 Å². The Balaban J connectivity index is 1.66. The Morgan fingerprint density at radius 1 is 0.938 bits per heavy atom. The van der Waals surface area contributed by atoms with Crippen molar-refractivity contribution in [2.24, 2.45) is 0 Å². The summed E-state index contributed by atoms with van der Waals surface area (Å²) in [6.45, 7) is 9.18. The van der Waals surface area contributed by atoms with E-state index >= 15 is 0 Å². The molecule has 2 aliphatic heterocycles. The summed E-state index contributed by atoms with van der Waals surface area (Å²) < 4.78 is 5.69. The molecule has 7 heteroatoms. The van der Waals surface area contributed by atoms with Crippen molar-refractivity contribution < 1.29 is 14.3 Å². The number of aromatic nitrogens is 1. The molecule has 0 aliphatic carbocycles. The van der Waals surface area contributed by atoms with E-state index in [0.717, 1.165) is 50.5 Å². The molecule has 1 fully saturated rings. The highest BCUT2D eigenvalue weighted by Gasteiger charge is 2.42. The van der Waals surface area contributed by atoms with Crippen molar-refractivity contribution in [3.63, 3.8) is 0 Å². The van der Waals surface area contributed by atoms with E-state index in [-0.39, 0.29) is 18.4 Å². The molecule has 4 rings (SSSR count). The molecule has 0 atom stereocenters. The number of pyridine rings is 1. The van der Waals surface area contributed by atoms with E-state index in [0.29, 0.717) is 23.6 Å². The van der Waals surface area contributed by atoms with E-state index in [9.17, 15) is 9.59 Å². The summed E-state index contributed by atoms with van der Waals surface area (Å²) in [6, 6.07) is 13.0. The first-order valence-corrected chi connectivity index (χ1v) is 11.3. The average Bonchev–Trinajstić information content (AvgIpc) is 3.08. The lowest BCUT2D eigenvalue weighted by Gasteiger charge is -2.36. The second-order valence-electron chi connectivity index (χ2n) is 8.04. The Kier molecular flexibility index (Phi) is 6.85. The highest BCUT2D eigenvalue weighted by Crippen LogP contribution is 2.33. The summed E-state index contributed by atoms with van der Waals surface area (Å²) in [5.74, 6) is 0.249. The molecule has 1 aromatic heterocycles. The lowest BCUT2D eigenvalue weighted by molar-refractivity contribution is -0.138. The van der Waals surface area contributed by atoms with Crippen molar-refractivity contribution >= 4 is 17.4 Å². The maximum absolute atomic E-state index is 13.5. The molecule has 32 heavy (non-hydrogen) atoms. The number of imide groups is 1. The number of benzene rings is 1. The Morgan fingerprint density at radius 2 is 1.69 bits per heavy atom. The first kappa shape index (κ1) is 22.0. The van der Waals surface area contributed by atoms with Crippen LogP contribution in [0.15, 0.2) is 54.4 Å². The lowest BCUT2D eigenvalue weighted by atomic mass is 10.0. The molecule has 2 aliphatic rings. The number of piperazine rings is 1. The van der Waals surface area contributed by atoms with Gasteiger partial charge in [0.15, 0.2) is 0 Å². The molecule has 0 saturated carbocycles. The Morgan fingerprint density at radius 3 is 2.31 bits per heavy atom. The van der Waals surface area contributed by atoms with Crippen LogP contribution in [0.25, 0.3) is 5.57 Å². The van der Waals surface area contributed by atoms with E-state index in [1.54, 1.807) is 6.20 Å². The number of rotatable bonds is 8. The molecule has 7 nitrogen and oxygen atoms in total. The number of likely N-dealkylation sites (N-methyl/N-ethyl adjacent to an activating group) is 1. The van der Waals surface area contributed by atoms with Crippen LogP contribution < -0.4 is 4.74 Å². The number of carbonyl (C=O) groups is 2. The number of ether oxygens (including phenoxy) is 1. The summed E-state index contributed by atoms with van der Waals surface area (Å²) in [6.07, 6.45) is 2.60. The van der Waals surface area contributed by atoms with E-state index in [1.807, 2.05) is 42.5 Å². The van der Waals surface area contributed by atoms with E-state index in [4.69, 9.17) is 4.74 Å². The van der Waals surface area contributed by atoms with Crippen LogP contribution in [0.2, 0.25) is 0 Å². The maximum atomic E-state index is 13.5. The molecule has 0 N–H and O–H groups in total. The SMILES string of the molecule is CCCOc1ccc(C2=C(N3CCN(CC)CC3)C(=O)N(Cc3ccccn3)C2=O)cc1. The van der Waals surface area contributed by atoms with Crippen LogP contribution in [-0.4, -0.2) is 70.8 Å². The van der Waals surface area contributed by atoms with Crippen molar-refractivity contribution in [2.75, 3.05) is 39.3 Å². The van der Waals surface area contributed by atoms with Crippen LogP contribution in [-0.2, 0) is 16.1 Å². The number of hydrogen-bond acceptors (Lipinski definition) is 6. The van der Waals surface area contributed by atoms with Crippen molar-refractivity contribution in [3.05, 3.63) is 65.6 Å². The molecule has 0 bridgehead atoms. The highest BCUT2D eigenvalue weighted by molar-refractivity contribution is 6.35. The van der Waals surface area contributed by atoms with Gasteiger partial charge in [-0.15, -0.1) is 0 Å². The minimum Gasteiger partial charge on any atom is -0.494 e. The summed E-state index contributed by atoms with van der Waals surface area (Å²) in [5, 5.41) is 0. The third-order valence-corrected chi connectivity index (χ3v) is 5.94. The second-order valence-corrected chi connectivity index (χ2v) is 8.04. The second kappa shape index (κ2) is 9.96. The predicted molar refractivity (Wildman–Crippen MR) is 123 cm³/mol. The van der Waals surface area contributed by atoms with Gasteiger partial charge < -0.3 is 14.5 Å². The van der Waals surface area contributed by atoms with Gasteiger partial charge in [0.25, 0.3) is 11.8 Å². The molecule has 1 aromatic carbocycles. The van der Waals surface area contributed by atoms with E-state index in [2.05, 4.69) is 28.6 Å². The number of carbonyl (C=O) groups excluding carboxylic acids is 2. The summed E-state index contributed by atoms with van der Waals surface area (Å²) in [4.78, 5) is 37.1.